The maximum atomic E-state index is 3.54. The predicted octanol–water partition coefficient (Wildman–Crippen LogP) is 4.38. The number of aryl methyl sites for hydroxylation is 1. The number of hydrogen-bond acceptors (Lipinski definition) is 0. The van der Waals surface area contributed by atoms with Gasteiger partial charge < -0.3 is 0 Å². The minimum atomic E-state index is 0.639. The Hall–Kier alpha value is -0.300. The molecule has 14 heavy (non-hydrogen) atoms. The molecular weight excluding hydrogens is 236 g/mol. The average Bonchev–Trinajstić information content (AvgIpc) is 2.27. The molecule has 1 rings (SSSR count). The molecule has 1 aromatic rings. The fourth-order valence-corrected chi connectivity index (χ4v) is 2.08. The van der Waals surface area contributed by atoms with Gasteiger partial charge in [0, 0.05) is 5.33 Å². The van der Waals surface area contributed by atoms with E-state index in [-0.39, 0.29) is 0 Å². The molecule has 0 aliphatic rings. The minimum Gasteiger partial charge on any atom is -0.0925 e. The molecule has 0 aromatic heterocycles. The van der Waals surface area contributed by atoms with Crippen LogP contribution in [-0.2, 0) is 6.42 Å². The van der Waals surface area contributed by atoms with E-state index in [1.54, 1.807) is 0 Å². The quantitative estimate of drug-likeness (QED) is 0.700. The van der Waals surface area contributed by atoms with Gasteiger partial charge in [-0.15, -0.1) is 0 Å². The van der Waals surface area contributed by atoms with Crippen molar-refractivity contribution in [3.8, 4) is 0 Å². The molecule has 2 unspecified atom stereocenters. The standard InChI is InChI=1S/C13H19Br/c1-4-12-5-7-13(8-6-12)11(3)10(2)9-14/h5-8,10-11H,4,9H2,1-3H3. The third-order valence-electron chi connectivity index (χ3n) is 3.01. The van der Waals surface area contributed by atoms with Crippen LogP contribution in [0.5, 0.6) is 0 Å². The van der Waals surface area contributed by atoms with Gasteiger partial charge >= 0.3 is 0 Å². The Morgan fingerprint density at radius 2 is 1.71 bits per heavy atom. The van der Waals surface area contributed by atoms with Crippen molar-refractivity contribution < 1.29 is 0 Å². The molecule has 0 radical (unpaired) electrons. The van der Waals surface area contributed by atoms with E-state index in [0.717, 1.165) is 11.8 Å². The van der Waals surface area contributed by atoms with Gasteiger partial charge in [-0.25, -0.2) is 0 Å². The molecule has 2 atom stereocenters. The van der Waals surface area contributed by atoms with Crippen LogP contribution in [0.3, 0.4) is 0 Å². The maximum Gasteiger partial charge on any atom is 0.00627 e. The molecule has 0 heterocycles. The minimum absolute atomic E-state index is 0.639. The largest absolute Gasteiger partial charge is 0.0925 e. The summed E-state index contributed by atoms with van der Waals surface area (Å²) in [4.78, 5) is 0. The van der Waals surface area contributed by atoms with Gasteiger partial charge in [0.25, 0.3) is 0 Å². The molecule has 0 bridgehead atoms. The van der Waals surface area contributed by atoms with Gasteiger partial charge in [-0.3, -0.25) is 0 Å². The molecule has 0 aliphatic carbocycles. The average molecular weight is 255 g/mol. The van der Waals surface area contributed by atoms with Crippen molar-refractivity contribution in [3.05, 3.63) is 35.4 Å². The van der Waals surface area contributed by atoms with Crippen LogP contribution in [0.25, 0.3) is 0 Å². The summed E-state index contributed by atoms with van der Waals surface area (Å²) < 4.78 is 0. The summed E-state index contributed by atoms with van der Waals surface area (Å²) in [6.07, 6.45) is 1.13. The smallest absolute Gasteiger partial charge is 0.00627 e. The van der Waals surface area contributed by atoms with Crippen LogP contribution < -0.4 is 0 Å². The second kappa shape index (κ2) is 5.55. The van der Waals surface area contributed by atoms with E-state index >= 15 is 0 Å². The Labute approximate surface area is 95.9 Å². The van der Waals surface area contributed by atoms with Gasteiger partial charge in [0.2, 0.25) is 0 Å². The highest BCUT2D eigenvalue weighted by molar-refractivity contribution is 9.09. The Morgan fingerprint density at radius 1 is 1.14 bits per heavy atom. The monoisotopic (exact) mass is 254 g/mol. The van der Waals surface area contributed by atoms with E-state index in [1.165, 1.54) is 11.1 Å². The normalized spacial score (nSPS) is 15.1. The van der Waals surface area contributed by atoms with Crippen molar-refractivity contribution in [2.45, 2.75) is 33.1 Å². The Bertz CT molecular complexity index is 263. The molecule has 0 saturated carbocycles. The van der Waals surface area contributed by atoms with Gasteiger partial charge in [-0.1, -0.05) is 61.0 Å². The van der Waals surface area contributed by atoms with Crippen molar-refractivity contribution in [1.82, 2.24) is 0 Å². The van der Waals surface area contributed by atoms with Gasteiger partial charge in [0.1, 0.15) is 0 Å². The topological polar surface area (TPSA) is 0 Å². The summed E-state index contributed by atoms with van der Waals surface area (Å²) >= 11 is 3.54. The lowest BCUT2D eigenvalue weighted by atomic mass is 9.90. The first-order valence-electron chi connectivity index (χ1n) is 5.33. The summed E-state index contributed by atoms with van der Waals surface area (Å²) in [7, 11) is 0. The molecular formula is C13H19Br. The fraction of sp³-hybridized carbons (Fsp3) is 0.538. The van der Waals surface area contributed by atoms with Crippen molar-refractivity contribution in [2.24, 2.45) is 5.92 Å². The van der Waals surface area contributed by atoms with Crippen LogP contribution in [0.4, 0.5) is 0 Å². The summed E-state index contributed by atoms with van der Waals surface area (Å²) in [5.74, 6) is 1.34. The van der Waals surface area contributed by atoms with Gasteiger partial charge in [0.05, 0.1) is 0 Å². The second-order valence-corrected chi connectivity index (χ2v) is 4.66. The number of halogens is 1. The van der Waals surface area contributed by atoms with Gasteiger partial charge in [-0.05, 0) is 29.4 Å². The first-order valence-corrected chi connectivity index (χ1v) is 6.46. The van der Waals surface area contributed by atoms with Gasteiger partial charge in [-0.2, -0.15) is 0 Å². The summed E-state index contributed by atoms with van der Waals surface area (Å²) in [6, 6.07) is 9.02. The Kier molecular flexibility index (Phi) is 4.67. The zero-order valence-corrected chi connectivity index (χ0v) is 10.8. The lowest BCUT2D eigenvalue weighted by Gasteiger charge is -2.18. The van der Waals surface area contributed by atoms with Crippen molar-refractivity contribution in [2.75, 3.05) is 5.33 Å². The first-order chi connectivity index (χ1) is 6.69. The van der Waals surface area contributed by atoms with Crippen LogP contribution in [0.15, 0.2) is 24.3 Å². The van der Waals surface area contributed by atoms with E-state index in [9.17, 15) is 0 Å². The summed E-state index contributed by atoms with van der Waals surface area (Å²) in [6.45, 7) is 6.78. The second-order valence-electron chi connectivity index (χ2n) is 4.02. The molecule has 78 valence electrons. The van der Waals surface area contributed by atoms with E-state index in [4.69, 9.17) is 0 Å². The lowest BCUT2D eigenvalue weighted by molar-refractivity contribution is 0.547. The predicted molar refractivity (Wildman–Crippen MR) is 67.2 cm³/mol. The van der Waals surface area contributed by atoms with E-state index in [2.05, 4.69) is 61.0 Å². The van der Waals surface area contributed by atoms with E-state index in [1.807, 2.05) is 0 Å². The molecule has 0 N–H and O–H groups in total. The lowest BCUT2D eigenvalue weighted by Crippen LogP contribution is -2.07. The van der Waals surface area contributed by atoms with Crippen LogP contribution >= 0.6 is 15.9 Å². The maximum absolute atomic E-state index is 3.54. The summed E-state index contributed by atoms with van der Waals surface area (Å²) in [5.41, 5.74) is 2.88. The number of rotatable bonds is 4. The van der Waals surface area contributed by atoms with Crippen molar-refractivity contribution in [3.63, 3.8) is 0 Å². The van der Waals surface area contributed by atoms with E-state index < -0.39 is 0 Å². The van der Waals surface area contributed by atoms with Crippen LogP contribution in [0.2, 0.25) is 0 Å². The third kappa shape index (κ3) is 2.84. The molecule has 0 fully saturated rings. The molecule has 1 heteroatoms. The molecule has 1 aromatic carbocycles. The van der Waals surface area contributed by atoms with Crippen molar-refractivity contribution >= 4 is 15.9 Å². The fourth-order valence-electron chi connectivity index (χ4n) is 1.52. The zero-order valence-electron chi connectivity index (χ0n) is 9.26. The molecule has 0 saturated heterocycles. The van der Waals surface area contributed by atoms with Crippen LogP contribution in [0, 0.1) is 5.92 Å². The molecule has 0 nitrogen and oxygen atoms in total. The Morgan fingerprint density at radius 3 is 2.14 bits per heavy atom. The third-order valence-corrected chi connectivity index (χ3v) is 4.03. The van der Waals surface area contributed by atoms with Crippen LogP contribution in [-0.4, -0.2) is 5.33 Å². The Balaban J connectivity index is 2.75. The first kappa shape index (κ1) is 11.8. The summed E-state index contributed by atoms with van der Waals surface area (Å²) in [5, 5.41) is 1.07. The van der Waals surface area contributed by atoms with Crippen molar-refractivity contribution in [1.29, 1.82) is 0 Å². The number of benzene rings is 1. The highest BCUT2D eigenvalue weighted by atomic mass is 79.9. The SMILES string of the molecule is CCc1ccc(C(C)C(C)CBr)cc1. The van der Waals surface area contributed by atoms with Gasteiger partial charge in [0.15, 0.2) is 0 Å². The molecule has 0 aliphatic heterocycles. The molecule has 0 spiro atoms. The number of hydrogen-bond donors (Lipinski definition) is 0. The number of alkyl halides is 1. The van der Waals surface area contributed by atoms with E-state index in [0.29, 0.717) is 11.8 Å². The van der Waals surface area contributed by atoms with Crippen LogP contribution in [0.1, 0.15) is 37.8 Å². The highest BCUT2D eigenvalue weighted by Crippen LogP contribution is 2.25. The zero-order chi connectivity index (χ0) is 10.6. The highest BCUT2D eigenvalue weighted by Gasteiger charge is 2.12. The molecule has 0 amide bonds.